The molecule has 0 aliphatic carbocycles. The summed E-state index contributed by atoms with van der Waals surface area (Å²) < 4.78 is 52.8. The van der Waals surface area contributed by atoms with Crippen molar-refractivity contribution in [2.75, 3.05) is 83.6 Å². The standard InChI is InChI=1S/C38H49ClF3N7O7/c1-55-28-2-3-31-25(23-28)4-15-49(36(53)44-31)27-7-13-48(14-8-27)37(54)56-32(22-24-20-29(38(40,41)42)34(43)30(39)21-24)35(52)47-11-5-26(6-12-47)46-18-16-45(17-19-46)10-9-33(50)51/h2-3,20-21,23,26-27,32H,4-19,22,43H2,1H3,(H,44,53)(H,50,51)/t32-/m1/s1. The Kier molecular flexibility index (Phi) is 13.1. The van der Waals surface area contributed by atoms with Crippen molar-refractivity contribution < 1.29 is 46.9 Å². The van der Waals surface area contributed by atoms with Crippen molar-refractivity contribution in [3.8, 4) is 5.75 Å². The van der Waals surface area contributed by atoms with Gasteiger partial charge < -0.3 is 45.2 Å². The van der Waals surface area contributed by atoms with Crippen molar-refractivity contribution in [1.82, 2.24) is 24.5 Å². The van der Waals surface area contributed by atoms with Gasteiger partial charge in [0.15, 0.2) is 6.10 Å². The van der Waals surface area contributed by atoms with Gasteiger partial charge in [0.1, 0.15) is 5.75 Å². The Balaban J connectivity index is 1.09. The van der Waals surface area contributed by atoms with E-state index in [1.54, 1.807) is 23.0 Å². The van der Waals surface area contributed by atoms with Crippen molar-refractivity contribution in [2.24, 2.45) is 0 Å². The maximum absolute atomic E-state index is 14.1. The predicted octanol–water partition coefficient (Wildman–Crippen LogP) is 4.64. The number of halogens is 4. The van der Waals surface area contributed by atoms with Crippen LogP contribution in [0.2, 0.25) is 5.02 Å². The Labute approximate surface area is 328 Å². The molecule has 2 aromatic rings. The van der Waals surface area contributed by atoms with Gasteiger partial charge in [0.25, 0.3) is 5.91 Å². The second-order valence-electron chi connectivity index (χ2n) is 14.8. The first-order valence-corrected chi connectivity index (χ1v) is 19.4. The predicted molar refractivity (Wildman–Crippen MR) is 202 cm³/mol. The molecule has 3 fully saturated rings. The maximum Gasteiger partial charge on any atom is 0.418 e. The first kappa shape index (κ1) is 41.2. The fourth-order valence-corrected chi connectivity index (χ4v) is 8.38. The van der Waals surface area contributed by atoms with E-state index >= 15 is 0 Å². The topological polar surface area (TPSA) is 161 Å². The monoisotopic (exact) mass is 807 g/mol. The van der Waals surface area contributed by atoms with E-state index in [4.69, 9.17) is 31.9 Å². The molecule has 14 nitrogen and oxygen atoms in total. The summed E-state index contributed by atoms with van der Waals surface area (Å²) in [6.07, 6.45) is -4.39. The Morgan fingerprint density at radius 3 is 2.25 bits per heavy atom. The van der Waals surface area contributed by atoms with Crippen LogP contribution in [0, 0.1) is 0 Å². The lowest BCUT2D eigenvalue weighted by molar-refractivity contribution is -0.143. The van der Waals surface area contributed by atoms with Crippen LogP contribution in [0.5, 0.6) is 5.75 Å². The molecule has 4 amide bonds. The quantitative estimate of drug-likeness (QED) is 0.289. The van der Waals surface area contributed by atoms with Gasteiger partial charge in [0.05, 0.1) is 29.8 Å². The van der Waals surface area contributed by atoms with Gasteiger partial charge in [0, 0.05) is 89.6 Å². The molecule has 0 bridgehead atoms. The number of nitrogens with one attached hydrogen (secondary N) is 1. The number of hydrogen-bond acceptors (Lipinski definition) is 9. The number of carboxylic acid groups (broad SMARTS) is 1. The maximum atomic E-state index is 14.1. The largest absolute Gasteiger partial charge is 0.497 e. The second kappa shape index (κ2) is 17.8. The van der Waals surface area contributed by atoms with Crippen molar-refractivity contribution in [3.05, 3.63) is 52.0 Å². The molecule has 4 aliphatic heterocycles. The van der Waals surface area contributed by atoms with E-state index in [2.05, 4.69) is 15.1 Å². The number of urea groups is 1. The highest BCUT2D eigenvalue weighted by molar-refractivity contribution is 6.33. The van der Waals surface area contributed by atoms with Crippen LogP contribution < -0.4 is 15.8 Å². The number of aliphatic carboxylic acids is 1. The molecular weight excluding hydrogens is 759 g/mol. The van der Waals surface area contributed by atoms with Crippen molar-refractivity contribution in [1.29, 1.82) is 0 Å². The number of piperazine rings is 1. The number of carboxylic acids is 1. The molecule has 0 spiro atoms. The molecule has 0 radical (unpaired) electrons. The number of nitrogens with zero attached hydrogens (tertiary/aromatic N) is 5. The highest BCUT2D eigenvalue weighted by atomic mass is 35.5. The molecule has 4 N–H and O–H groups in total. The lowest BCUT2D eigenvalue weighted by Crippen LogP contribution is -2.55. The summed E-state index contributed by atoms with van der Waals surface area (Å²) >= 11 is 6.12. The molecular formula is C38H49ClF3N7O7. The third-order valence-electron chi connectivity index (χ3n) is 11.4. The molecule has 306 valence electrons. The third kappa shape index (κ3) is 9.90. The SMILES string of the molecule is COc1ccc2c(c1)CCN(C1CCN(C(=O)O[C@H](Cc3cc(Cl)c(N)c(C(F)(F)F)c3)C(=O)N3CCC(N4CCN(CCC(=O)O)CC4)CC3)CC1)C(=O)N2. The normalized spacial score (nSPS) is 19.9. The van der Waals surface area contributed by atoms with Gasteiger partial charge in [-0.25, -0.2) is 9.59 Å². The van der Waals surface area contributed by atoms with Crippen LogP contribution >= 0.6 is 11.6 Å². The second-order valence-corrected chi connectivity index (χ2v) is 15.2. The number of nitrogen functional groups attached to an aromatic ring is 1. The van der Waals surface area contributed by atoms with Gasteiger partial charge in [-0.05, 0) is 73.6 Å². The Hall–Kier alpha value is -4.48. The number of benzene rings is 2. The molecule has 1 atom stereocenters. The summed E-state index contributed by atoms with van der Waals surface area (Å²) in [6.45, 7) is 5.26. The number of piperidine rings is 2. The summed E-state index contributed by atoms with van der Waals surface area (Å²) in [7, 11) is 1.58. The number of nitrogens with two attached hydrogens (primary N) is 1. The summed E-state index contributed by atoms with van der Waals surface area (Å²) in [5.41, 5.74) is 5.62. The number of carbonyl (C=O) groups excluding carboxylic acids is 3. The van der Waals surface area contributed by atoms with Gasteiger partial charge in [-0.1, -0.05) is 11.6 Å². The first-order chi connectivity index (χ1) is 26.7. The number of carbonyl (C=O) groups is 4. The van der Waals surface area contributed by atoms with Crippen molar-refractivity contribution in [3.63, 3.8) is 0 Å². The van der Waals surface area contributed by atoms with Gasteiger partial charge in [-0.15, -0.1) is 0 Å². The van der Waals surface area contributed by atoms with E-state index in [9.17, 15) is 32.3 Å². The van der Waals surface area contributed by atoms with Crippen LogP contribution in [0.15, 0.2) is 30.3 Å². The van der Waals surface area contributed by atoms with E-state index in [1.165, 1.54) is 11.0 Å². The first-order valence-electron chi connectivity index (χ1n) is 19.0. The average Bonchev–Trinajstić information content (AvgIpc) is 3.35. The van der Waals surface area contributed by atoms with Crippen LogP contribution in [0.3, 0.4) is 0 Å². The summed E-state index contributed by atoms with van der Waals surface area (Å²) in [6, 6.07) is 7.41. The van der Waals surface area contributed by atoms with Gasteiger partial charge in [0.2, 0.25) is 0 Å². The highest BCUT2D eigenvalue weighted by Gasteiger charge is 2.38. The molecule has 0 saturated carbocycles. The summed E-state index contributed by atoms with van der Waals surface area (Å²) in [4.78, 5) is 61.3. The Bertz CT molecular complexity index is 1760. The van der Waals surface area contributed by atoms with Crippen molar-refractivity contribution >= 4 is 47.0 Å². The smallest absolute Gasteiger partial charge is 0.418 e. The molecule has 6 rings (SSSR count). The fourth-order valence-electron chi connectivity index (χ4n) is 8.14. The van der Waals surface area contributed by atoms with Crippen LogP contribution in [0.25, 0.3) is 0 Å². The third-order valence-corrected chi connectivity index (χ3v) is 11.7. The molecule has 0 unspecified atom stereocenters. The van der Waals surface area contributed by atoms with E-state index in [0.29, 0.717) is 64.0 Å². The van der Waals surface area contributed by atoms with Gasteiger partial charge >= 0.3 is 24.3 Å². The average molecular weight is 808 g/mol. The number of anilines is 2. The lowest BCUT2D eigenvalue weighted by Gasteiger charge is -2.43. The molecule has 4 heterocycles. The zero-order chi connectivity index (χ0) is 40.1. The summed E-state index contributed by atoms with van der Waals surface area (Å²) in [5.74, 6) is -0.642. The van der Waals surface area contributed by atoms with Crippen LogP contribution in [-0.2, 0) is 33.3 Å². The van der Waals surface area contributed by atoms with E-state index in [-0.39, 0.29) is 54.6 Å². The number of hydrogen-bond donors (Lipinski definition) is 3. The number of ether oxygens (including phenoxy) is 2. The Morgan fingerprint density at radius 1 is 0.946 bits per heavy atom. The molecule has 4 aliphatic rings. The van der Waals surface area contributed by atoms with Gasteiger partial charge in [-0.2, -0.15) is 13.2 Å². The van der Waals surface area contributed by atoms with E-state index in [0.717, 1.165) is 43.5 Å². The fraction of sp³-hybridized carbons (Fsp3) is 0.579. The van der Waals surface area contributed by atoms with Crippen LogP contribution in [0.4, 0.5) is 34.1 Å². The molecule has 56 heavy (non-hydrogen) atoms. The molecule has 0 aromatic heterocycles. The van der Waals surface area contributed by atoms with Crippen LogP contribution in [-0.4, -0.2) is 144 Å². The molecule has 18 heteroatoms. The van der Waals surface area contributed by atoms with E-state index < -0.39 is 41.5 Å². The molecule has 3 saturated heterocycles. The summed E-state index contributed by atoms with van der Waals surface area (Å²) in [5, 5.41) is 11.7. The highest BCUT2D eigenvalue weighted by Crippen LogP contribution is 2.38. The minimum atomic E-state index is -4.80. The zero-order valence-corrected chi connectivity index (χ0v) is 32.1. The number of methoxy groups -OCH3 is 1. The van der Waals surface area contributed by atoms with Crippen LogP contribution in [0.1, 0.15) is 48.8 Å². The number of alkyl halides is 3. The Morgan fingerprint density at radius 2 is 1.61 bits per heavy atom. The minimum Gasteiger partial charge on any atom is -0.497 e. The van der Waals surface area contributed by atoms with Gasteiger partial charge in [-0.3, -0.25) is 14.5 Å². The number of amides is 4. The zero-order valence-electron chi connectivity index (χ0n) is 31.4. The number of rotatable bonds is 10. The van der Waals surface area contributed by atoms with E-state index in [1.807, 2.05) is 12.1 Å². The minimum absolute atomic E-state index is 0.0443. The number of likely N-dealkylation sites (tertiary alicyclic amines) is 2. The van der Waals surface area contributed by atoms with Crippen molar-refractivity contribution in [2.45, 2.75) is 69.3 Å². The lowest BCUT2D eigenvalue weighted by atomic mass is 9.99. The molecule has 2 aromatic carbocycles. The number of fused-ring (bicyclic) bond motifs is 1.